The van der Waals surface area contributed by atoms with E-state index in [4.69, 9.17) is 14.2 Å². The summed E-state index contributed by atoms with van der Waals surface area (Å²) < 4.78 is 16.5. The number of imide groups is 1. The lowest BCUT2D eigenvalue weighted by atomic mass is 9.76. The van der Waals surface area contributed by atoms with E-state index in [9.17, 15) is 14.4 Å². The first-order valence-electron chi connectivity index (χ1n) is 11.7. The number of carbonyl (C=O) groups excluding carboxylic acids is 3. The fourth-order valence-corrected chi connectivity index (χ4v) is 6.49. The normalized spacial score (nSPS) is 26.7. The minimum absolute atomic E-state index is 0.206. The molecule has 3 aliphatic heterocycles. The second-order valence-electron chi connectivity index (χ2n) is 9.11. The molecule has 0 unspecified atom stereocenters. The van der Waals surface area contributed by atoms with E-state index in [1.807, 2.05) is 47.8 Å². The summed E-state index contributed by atoms with van der Waals surface area (Å²) in [5.41, 5.74) is -0.156. The summed E-state index contributed by atoms with van der Waals surface area (Å²) in [4.78, 5) is 43.6. The zero-order chi connectivity index (χ0) is 24.9. The number of thiophene rings is 1. The van der Waals surface area contributed by atoms with Crippen LogP contribution in [-0.2, 0) is 25.5 Å². The third kappa shape index (κ3) is 3.42. The molecule has 6 rings (SSSR count). The van der Waals surface area contributed by atoms with E-state index in [1.54, 1.807) is 18.2 Å². The molecule has 0 bridgehead atoms. The summed E-state index contributed by atoms with van der Waals surface area (Å²) in [6, 6.07) is 17.8. The van der Waals surface area contributed by atoms with Crippen LogP contribution in [0.5, 0.6) is 11.5 Å². The fraction of sp³-hybridized carbons (Fsp3) is 0.296. The van der Waals surface area contributed by atoms with Crippen LogP contribution in [-0.4, -0.2) is 43.6 Å². The number of benzene rings is 2. The van der Waals surface area contributed by atoms with Gasteiger partial charge in [-0.25, -0.2) is 4.90 Å². The van der Waals surface area contributed by atoms with E-state index < -0.39 is 35.3 Å². The highest BCUT2D eigenvalue weighted by Crippen LogP contribution is 2.52. The summed E-state index contributed by atoms with van der Waals surface area (Å²) in [5, 5.41) is 5.33. The number of methoxy groups -OCH3 is 1. The van der Waals surface area contributed by atoms with E-state index in [-0.39, 0.29) is 12.3 Å². The third-order valence-corrected chi connectivity index (χ3v) is 8.12. The van der Waals surface area contributed by atoms with E-state index in [1.165, 1.54) is 23.3 Å². The van der Waals surface area contributed by atoms with Crippen LogP contribution >= 0.6 is 11.3 Å². The van der Waals surface area contributed by atoms with E-state index >= 15 is 0 Å². The maximum Gasteiger partial charge on any atom is 0.327 e. The average Bonchev–Trinajstić information content (AvgIpc) is 3.61. The number of nitrogens with one attached hydrogen (secondary N) is 1. The molecule has 1 aromatic heterocycles. The van der Waals surface area contributed by atoms with Crippen LogP contribution in [0, 0.1) is 11.8 Å². The molecule has 0 saturated carbocycles. The van der Waals surface area contributed by atoms with Crippen molar-refractivity contribution in [3.63, 3.8) is 0 Å². The molecule has 2 fully saturated rings. The zero-order valence-corrected chi connectivity index (χ0v) is 20.3. The van der Waals surface area contributed by atoms with Gasteiger partial charge in [-0.1, -0.05) is 36.4 Å². The molecule has 4 atom stereocenters. The molecule has 1 N–H and O–H groups in total. The van der Waals surface area contributed by atoms with Crippen LogP contribution in [0.4, 0.5) is 5.69 Å². The first-order chi connectivity index (χ1) is 17.5. The molecule has 2 aromatic carbocycles. The number of anilines is 1. The van der Waals surface area contributed by atoms with Gasteiger partial charge in [0.25, 0.3) is 0 Å². The van der Waals surface area contributed by atoms with Crippen molar-refractivity contribution in [3.8, 4) is 11.5 Å². The van der Waals surface area contributed by atoms with Gasteiger partial charge in [-0.05, 0) is 29.1 Å². The Balaban J connectivity index is 1.47. The van der Waals surface area contributed by atoms with Gasteiger partial charge >= 0.3 is 5.97 Å². The Morgan fingerprint density at radius 1 is 1.06 bits per heavy atom. The molecule has 36 heavy (non-hydrogen) atoms. The van der Waals surface area contributed by atoms with Crippen molar-refractivity contribution in [2.75, 3.05) is 25.2 Å². The molecule has 4 heterocycles. The van der Waals surface area contributed by atoms with Crippen molar-refractivity contribution in [3.05, 3.63) is 76.5 Å². The summed E-state index contributed by atoms with van der Waals surface area (Å²) in [7, 11) is 1.31. The minimum atomic E-state index is -1.41. The van der Waals surface area contributed by atoms with Crippen LogP contribution in [0.3, 0.4) is 0 Å². The molecule has 9 heteroatoms. The Hall–Kier alpha value is -3.69. The smallest absolute Gasteiger partial charge is 0.327 e. The number of ether oxygens (including phenoxy) is 3. The number of nitrogens with zero attached hydrogens (tertiary/aromatic N) is 1. The maximum atomic E-state index is 14.1. The number of esters is 1. The molecule has 3 aromatic rings. The van der Waals surface area contributed by atoms with Gasteiger partial charge in [0.2, 0.25) is 11.8 Å². The second-order valence-corrected chi connectivity index (χ2v) is 10.1. The van der Waals surface area contributed by atoms with Crippen LogP contribution in [0.25, 0.3) is 0 Å². The standard InChI is InChI=1S/C27H24N2O6S/c1-33-26(32)27(15-16-6-3-2-4-7-16)22-21(23(28-27)20-8-5-13-36-20)24(30)29(25(22)31)17-9-10-18-19(14-17)35-12-11-34-18/h2-10,13-14,21-23,28H,11-12,15H2,1H3/t21-,22+,23+,27+/m0/s1. The predicted molar refractivity (Wildman–Crippen MR) is 132 cm³/mol. The predicted octanol–water partition coefficient (Wildman–Crippen LogP) is 3.12. The van der Waals surface area contributed by atoms with Gasteiger partial charge in [0.15, 0.2) is 11.5 Å². The van der Waals surface area contributed by atoms with Crippen LogP contribution in [0.1, 0.15) is 16.5 Å². The van der Waals surface area contributed by atoms with Crippen LogP contribution < -0.4 is 19.7 Å². The van der Waals surface area contributed by atoms with Crippen molar-refractivity contribution < 1.29 is 28.6 Å². The average molecular weight is 505 g/mol. The number of hydrogen-bond acceptors (Lipinski definition) is 8. The van der Waals surface area contributed by atoms with Gasteiger partial charge < -0.3 is 14.2 Å². The molecule has 2 saturated heterocycles. The molecule has 0 aliphatic carbocycles. The van der Waals surface area contributed by atoms with Crippen molar-refractivity contribution in [2.24, 2.45) is 11.8 Å². The molecule has 8 nitrogen and oxygen atoms in total. The van der Waals surface area contributed by atoms with Crippen LogP contribution in [0.15, 0.2) is 66.0 Å². The van der Waals surface area contributed by atoms with E-state index in [0.717, 1.165) is 10.4 Å². The molecule has 3 aliphatic rings. The summed E-state index contributed by atoms with van der Waals surface area (Å²) in [5.74, 6) is -2.03. The molecular weight excluding hydrogens is 480 g/mol. The third-order valence-electron chi connectivity index (χ3n) is 7.16. The highest BCUT2D eigenvalue weighted by Gasteiger charge is 2.69. The number of amides is 2. The quantitative estimate of drug-likeness (QED) is 0.422. The van der Waals surface area contributed by atoms with E-state index in [0.29, 0.717) is 30.4 Å². The van der Waals surface area contributed by atoms with Crippen molar-refractivity contribution in [2.45, 2.75) is 18.0 Å². The van der Waals surface area contributed by atoms with Crippen molar-refractivity contribution >= 4 is 34.8 Å². The Bertz CT molecular complexity index is 1330. The first-order valence-corrected chi connectivity index (χ1v) is 12.6. The Labute approximate surface area is 211 Å². The lowest BCUT2D eigenvalue weighted by molar-refractivity contribution is -0.152. The number of hydrogen-bond donors (Lipinski definition) is 1. The minimum Gasteiger partial charge on any atom is -0.486 e. The molecule has 0 spiro atoms. The highest BCUT2D eigenvalue weighted by atomic mass is 32.1. The van der Waals surface area contributed by atoms with Crippen molar-refractivity contribution in [1.82, 2.24) is 5.32 Å². The number of rotatable bonds is 5. The Morgan fingerprint density at radius 2 is 1.83 bits per heavy atom. The lowest BCUT2D eigenvalue weighted by Crippen LogP contribution is -2.57. The first kappa shape index (κ1) is 22.8. The zero-order valence-electron chi connectivity index (χ0n) is 19.5. The lowest BCUT2D eigenvalue weighted by Gasteiger charge is -2.32. The van der Waals surface area contributed by atoms with Crippen molar-refractivity contribution in [1.29, 1.82) is 0 Å². The molecule has 2 amide bonds. The monoisotopic (exact) mass is 504 g/mol. The summed E-state index contributed by atoms with van der Waals surface area (Å²) >= 11 is 1.48. The Morgan fingerprint density at radius 3 is 2.56 bits per heavy atom. The number of carbonyl (C=O) groups is 3. The summed E-state index contributed by atoms with van der Waals surface area (Å²) in [6.07, 6.45) is 0.206. The highest BCUT2D eigenvalue weighted by molar-refractivity contribution is 7.10. The largest absolute Gasteiger partial charge is 0.486 e. The molecule has 184 valence electrons. The fourth-order valence-electron chi connectivity index (χ4n) is 5.66. The van der Waals surface area contributed by atoms with Crippen LogP contribution in [0.2, 0.25) is 0 Å². The van der Waals surface area contributed by atoms with Gasteiger partial charge in [0, 0.05) is 17.4 Å². The maximum absolute atomic E-state index is 14.1. The Kier molecular flexibility index (Phi) is 5.54. The van der Waals surface area contributed by atoms with Gasteiger partial charge in [0.1, 0.15) is 18.8 Å². The molecular formula is C27H24N2O6S. The second kappa shape index (κ2) is 8.76. The SMILES string of the molecule is COC(=O)[C@]1(Cc2ccccc2)N[C@H](c2cccs2)[C@H]2C(=O)N(c3ccc4c(c3)OCCO4)C(=O)[C@@H]21. The molecule has 0 radical (unpaired) electrons. The van der Waals surface area contributed by atoms with E-state index in [2.05, 4.69) is 5.32 Å². The van der Waals surface area contributed by atoms with Gasteiger partial charge in [-0.2, -0.15) is 0 Å². The van der Waals surface area contributed by atoms with Gasteiger partial charge in [-0.3, -0.25) is 19.7 Å². The number of fused-ring (bicyclic) bond motifs is 2. The topological polar surface area (TPSA) is 94.2 Å². The van der Waals surface area contributed by atoms with Gasteiger partial charge in [-0.15, -0.1) is 11.3 Å². The van der Waals surface area contributed by atoms with Gasteiger partial charge in [0.05, 0.1) is 30.7 Å². The summed E-state index contributed by atoms with van der Waals surface area (Å²) in [6.45, 7) is 0.823.